The highest BCUT2D eigenvalue weighted by Gasteiger charge is 2.34. The van der Waals surface area contributed by atoms with Gasteiger partial charge in [0.1, 0.15) is 18.0 Å². The van der Waals surface area contributed by atoms with Crippen molar-refractivity contribution in [1.29, 1.82) is 0 Å². The van der Waals surface area contributed by atoms with E-state index in [2.05, 4.69) is 0 Å². The smallest absolute Gasteiger partial charge is 0.323 e. The van der Waals surface area contributed by atoms with E-state index in [0.29, 0.717) is 37.6 Å². The van der Waals surface area contributed by atoms with Crippen LogP contribution in [0.2, 0.25) is 0 Å². The van der Waals surface area contributed by atoms with Crippen LogP contribution in [0.5, 0.6) is 11.5 Å². The third-order valence-electron chi connectivity index (χ3n) is 5.93. The fourth-order valence-electron chi connectivity index (χ4n) is 4.47. The van der Waals surface area contributed by atoms with Gasteiger partial charge in [0.2, 0.25) is 10.0 Å². The number of aliphatic carboxylic acids is 1. The predicted molar refractivity (Wildman–Crippen MR) is 129 cm³/mol. The van der Waals surface area contributed by atoms with E-state index in [4.69, 9.17) is 9.47 Å². The molecule has 2 heterocycles. The molecule has 3 aromatic rings. The van der Waals surface area contributed by atoms with Crippen LogP contribution in [0.4, 0.5) is 0 Å². The first kappa shape index (κ1) is 24.1. The van der Waals surface area contributed by atoms with Gasteiger partial charge in [-0.05, 0) is 69.2 Å². The molecule has 1 N–H and O–H groups in total. The first-order valence-electron chi connectivity index (χ1n) is 11.4. The molecule has 1 aromatic heterocycles. The summed E-state index contributed by atoms with van der Waals surface area (Å²) in [6, 6.07) is 12.1. The fraction of sp³-hybridized carbons (Fsp3) is 0.400. The molecule has 1 fully saturated rings. The molecule has 0 radical (unpaired) electrons. The van der Waals surface area contributed by atoms with Gasteiger partial charge in [0, 0.05) is 36.7 Å². The Hall–Kier alpha value is -3.04. The number of ether oxygens (including phenoxy) is 2. The Labute approximate surface area is 199 Å². The van der Waals surface area contributed by atoms with E-state index < -0.39 is 16.0 Å². The molecule has 1 saturated heterocycles. The maximum absolute atomic E-state index is 13.3. The number of hydrogen-bond donors (Lipinski definition) is 1. The zero-order valence-electron chi connectivity index (χ0n) is 19.6. The van der Waals surface area contributed by atoms with Gasteiger partial charge >= 0.3 is 5.97 Å². The van der Waals surface area contributed by atoms with Gasteiger partial charge in [0.15, 0.2) is 0 Å². The van der Waals surface area contributed by atoms with E-state index in [1.165, 1.54) is 4.31 Å². The van der Waals surface area contributed by atoms with Crippen LogP contribution < -0.4 is 9.47 Å². The Morgan fingerprint density at radius 3 is 2.50 bits per heavy atom. The second-order valence-corrected chi connectivity index (χ2v) is 10.6. The first-order valence-corrected chi connectivity index (χ1v) is 12.9. The lowest BCUT2D eigenvalue weighted by Gasteiger charge is -2.17. The summed E-state index contributed by atoms with van der Waals surface area (Å²) in [6.45, 7) is 6.81. The molecule has 0 spiro atoms. The average Bonchev–Trinajstić information content (AvgIpc) is 3.39. The standard InChI is InChI=1S/C25H30N2O6S/c1-4-32-20-7-10-22-23(15-26(16-25(28)29)24(22)13-20)18-11-12-27(14-18)34(30,31)21-8-5-19(6-9-21)33-17(2)3/h5-10,13,15,17-18H,4,11-12,14,16H2,1-3H3,(H,28,29). The van der Waals surface area contributed by atoms with Gasteiger partial charge in [-0.1, -0.05) is 0 Å². The number of sulfonamides is 1. The van der Waals surface area contributed by atoms with Gasteiger partial charge in [0.25, 0.3) is 0 Å². The summed E-state index contributed by atoms with van der Waals surface area (Å²) in [5.74, 6) is 0.331. The second kappa shape index (κ2) is 9.68. The lowest BCUT2D eigenvalue weighted by Crippen LogP contribution is -2.28. The number of carbonyl (C=O) groups is 1. The molecule has 1 atom stereocenters. The summed E-state index contributed by atoms with van der Waals surface area (Å²) in [5.41, 5.74) is 1.73. The molecule has 0 bridgehead atoms. The minimum Gasteiger partial charge on any atom is -0.494 e. The zero-order valence-corrected chi connectivity index (χ0v) is 20.4. The van der Waals surface area contributed by atoms with E-state index in [9.17, 15) is 18.3 Å². The minimum absolute atomic E-state index is 0.00895. The molecule has 0 aliphatic carbocycles. The van der Waals surface area contributed by atoms with Crippen LogP contribution in [0.1, 0.15) is 38.7 Å². The topological polar surface area (TPSA) is 98.1 Å². The molecule has 2 aromatic carbocycles. The van der Waals surface area contributed by atoms with Crippen molar-refractivity contribution in [3.8, 4) is 11.5 Å². The normalized spacial score (nSPS) is 16.9. The molecule has 9 heteroatoms. The number of carboxylic acid groups (broad SMARTS) is 1. The summed E-state index contributed by atoms with van der Waals surface area (Å²) in [6.07, 6.45) is 2.51. The van der Waals surface area contributed by atoms with Gasteiger partial charge < -0.3 is 19.1 Å². The van der Waals surface area contributed by atoms with Gasteiger partial charge in [-0.15, -0.1) is 0 Å². The molecule has 1 unspecified atom stereocenters. The van der Waals surface area contributed by atoms with Crippen LogP contribution in [0, 0.1) is 0 Å². The van der Waals surface area contributed by atoms with Crippen LogP contribution in [0.3, 0.4) is 0 Å². The molecule has 182 valence electrons. The highest BCUT2D eigenvalue weighted by Crippen LogP contribution is 2.37. The van der Waals surface area contributed by atoms with Crippen molar-refractivity contribution in [1.82, 2.24) is 8.87 Å². The Bertz CT molecular complexity index is 1280. The number of hydrogen-bond acceptors (Lipinski definition) is 5. The maximum atomic E-state index is 13.3. The maximum Gasteiger partial charge on any atom is 0.323 e. The van der Waals surface area contributed by atoms with Crippen molar-refractivity contribution in [2.75, 3.05) is 19.7 Å². The van der Waals surface area contributed by atoms with Crippen molar-refractivity contribution in [3.05, 3.63) is 54.2 Å². The summed E-state index contributed by atoms with van der Waals surface area (Å²) in [7, 11) is -3.65. The molecule has 1 aliphatic heterocycles. The third kappa shape index (κ3) is 4.90. The number of rotatable bonds is 9. The number of fused-ring (bicyclic) bond motifs is 1. The van der Waals surface area contributed by atoms with E-state index in [1.54, 1.807) is 28.8 Å². The average molecular weight is 487 g/mol. The van der Waals surface area contributed by atoms with Crippen LogP contribution in [0.25, 0.3) is 10.9 Å². The quantitative estimate of drug-likeness (QED) is 0.489. The molecule has 8 nitrogen and oxygen atoms in total. The Balaban J connectivity index is 1.60. The summed E-state index contributed by atoms with van der Waals surface area (Å²) in [5, 5.41) is 10.3. The summed E-state index contributed by atoms with van der Waals surface area (Å²) in [4.78, 5) is 11.7. The summed E-state index contributed by atoms with van der Waals surface area (Å²) >= 11 is 0. The monoisotopic (exact) mass is 486 g/mol. The van der Waals surface area contributed by atoms with E-state index >= 15 is 0 Å². The Kier molecular flexibility index (Phi) is 6.86. The third-order valence-corrected chi connectivity index (χ3v) is 7.80. The number of aromatic nitrogens is 1. The highest BCUT2D eigenvalue weighted by atomic mass is 32.2. The van der Waals surface area contributed by atoms with Crippen LogP contribution in [-0.2, 0) is 21.4 Å². The second-order valence-electron chi connectivity index (χ2n) is 8.70. The zero-order chi connectivity index (χ0) is 24.5. The first-order chi connectivity index (χ1) is 16.2. The van der Waals surface area contributed by atoms with E-state index in [0.717, 1.165) is 16.5 Å². The lowest BCUT2D eigenvalue weighted by molar-refractivity contribution is -0.137. The van der Waals surface area contributed by atoms with Gasteiger partial charge in [0.05, 0.1) is 23.1 Å². The number of benzene rings is 2. The van der Waals surface area contributed by atoms with Crippen LogP contribution >= 0.6 is 0 Å². The van der Waals surface area contributed by atoms with Crippen molar-refractivity contribution in [2.45, 2.75) is 50.7 Å². The highest BCUT2D eigenvalue weighted by molar-refractivity contribution is 7.89. The van der Waals surface area contributed by atoms with Gasteiger partial charge in [-0.2, -0.15) is 4.31 Å². The van der Waals surface area contributed by atoms with Crippen molar-refractivity contribution < 1.29 is 27.8 Å². The molecule has 1 aliphatic rings. The van der Waals surface area contributed by atoms with Crippen LogP contribution in [-0.4, -0.2) is 54.2 Å². The largest absolute Gasteiger partial charge is 0.494 e. The van der Waals surface area contributed by atoms with Gasteiger partial charge in [-0.25, -0.2) is 8.42 Å². The molecule has 34 heavy (non-hydrogen) atoms. The fourth-order valence-corrected chi connectivity index (χ4v) is 5.97. The molecule has 0 amide bonds. The predicted octanol–water partition coefficient (Wildman–Crippen LogP) is 4.09. The molecule has 0 saturated carbocycles. The minimum atomic E-state index is -3.65. The molecule has 4 rings (SSSR count). The Morgan fingerprint density at radius 1 is 1.15 bits per heavy atom. The van der Waals surface area contributed by atoms with Crippen molar-refractivity contribution in [2.24, 2.45) is 0 Å². The number of nitrogens with zero attached hydrogens (tertiary/aromatic N) is 2. The van der Waals surface area contributed by atoms with Crippen LogP contribution in [0.15, 0.2) is 53.6 Å². The molecular formula is C25H30N2O6S. The Morgan fingerprint density at radius 2 is 1.85 bits per heavy atom. The van der Waals surface area contributed by atoms with E-state index in [-0.39, 0.29) is 23.5 Å². The SMILES string of the molecule is CCOc1ccc2c(C3CCN(S(=O)(=O)c4ccc(OC(C)C)cc4)C3)cn(CC(=O)O)c2c1. The molecular weight excluding hydrogens is 456 g/mol. The van der Waals surface area contributed by atoms with Gasteiger partial charge in [-0.3, -0.25) is 4.79 Å². The number of carboxylic acids is 1. The summed E-state index contributed by atoms with van der Waals surface area (Å²) < 4.78 is 40.9. The lowest BCUT2D eigenvalue weighted by atomic mass is 9.98. The van der Waals surface area contributed by atoms with E-state index in [1.807, 2.05) is 45.2 Å². The van der Waals surface area contributed by atoms with Crippen molar-refractivity contribution >= 4 is 26.9 Å². The van der Waals surface area contributed by atoms with Crippen molar-refractivity contribution in [3.63, 3.8) is 0 Å².